The highest BCUT2D eigenvalue weighted by Gasteiger charge is 2.18. The summed E-state index contributed by atoms with van der Waals surface area (Å²) in [6, 6.07) is 14.4. The molecule has 0 aliphatic rings. The molecule has 0 radical (unpaired) electrons. The fourth-order valence-electron chi connectivity index (χ4n) is 1.79. The van der Waals surface area contributed by atoms with E-state index in [2.05, 4.69) is 28.4 Å². The first-order chi connectivity index (χ1) is 8.96. The summed E-state index contributed by atoms with van der Waals surface area (Å²) < 4.78 is 5.90. The van der Waals surface area contributed by atoms with Crippen LogP contribution in [0.5, 0.6) is 5.75 Å². The Morgan fingerprint density at radius 3 is 2.37 bits per heavy atom. The summed E-state index contributed by atoms with van der Waals surface area (Å²) >= 11 is 0. The lowest BCUT2D eigenvalue weighted by molar-refractivity contribution is 0.110. The molecule has 0 saturated carbocycles. The average Bonchev–Trinajstić information content (AvgIpc) is 2.36. The van der Waals surface area contributed by atoms with E-state index in [1.165, 1.54) is 5.39 Å². The van der Waals surface area contributed by atoms with Crippen molar-refractivity contribution in [2.24, 2.45) is 10.2 Å². The van der Waals surface area contributed by atoms with Gasteiger partial charge in [-0.1, -0.05) is 30.3 Å². The maximum absolute atomic E-state index is 5.90. The molecule has 3 nitrogen and oxygen atoms in total. The smallest absolute Gasteiger partial charge is 0.213 e. The van der Waals surface area contributed by atoms with Crippen LogP contribution in [-0.4, -0.2) is 11.8 Å². The maximum Gasteiger partial charge on any atom is 0.213 e. The summed E-state index contributed by atoms with van der Waals surface area (Å²) in [5.41, 5.74) is -0.646. The number of azo groups is 1. The molecule has 0 saturated heterocycles. The standard InChI is InChI=1S/C16H20N2O/c1-12(2)17-18-16(3,4)19-15-10-9-13-7-5-6-8-14(13)11-15/h5-12H,1-4H3/b18-17+. The van der Waals surface area contributed by atoms with E-state index < -0.39 is 5.72 Å². The van der Waals surface area contributed by atoms with Crippen LogP contribution >= 0.6 is 0 Å². The molecular formula is C16H20N2O. The molecule has 2 aromatic carbocycles. The first kappa shape index (κ1) is 13.5. The summed E-state index contributed by atoms with van der Waals surface area (Å²) in [6.07, 6.45) is 0. The molecule has 2 rings (SSSR count). The van der Waals surface area contributed by atoms with Crippen LogP contribution in [-0.2, 0) is 0 Å². The SMILES string of the molecule is CC(C)/N=N/C(C)(C)Oc1ccc2ccccc2c1. The number of hydrogen-bond acceptors (Lipinski definition) is 3. The molecule has 0 N–H and O–H groups in total. The Kier molecular flexibility index (Phi) is 3.84. The van der Waals surface area contributed by atoms with Crippen molar-refractivity contribution in [1.29, 1.82) is 0 Å². The Bertz CT molecular complexity index is 588. The van der Waals surface area contributed by atoms with E-state index in [1.807, 2.05) is 52.0 Å². The van der Waals surface area contributed by atoms with Crippen LogP contribution in [0, 0.1) is 0 Å². The van der Waals surface area contributed by atoms with Gasteiger partial charge in [0.1, 0.15) is 5.75 Å². The van der Waals surface area contributed by atoms with Crippen LogP contribution in [0.15, 0.2) is 52.7 Å². The van der Waals surface area contributed by atoms with Crippen molar-refractivity contribution in [2.75, 3.05) is 0 Å². The van der Waals surface area contributed by atoms with Gasteiger partial charge in [-0.05, 0) is 50.6 Å². The van der Waals surface area contributed by atoms with Crippen LogP contribution in [0.25, 0.3) is 10.8 Å². The van der Waals surface area contributed by atoms with Crippen molar-refractivity contribution in [1.82, 2.24) is 0 Å². The lowest BCUT2D eigenvalue weighted by Gasteiger charge is -2.21. The van der Waals surface area contributed by atoms with E-state index in [1.54, 1.807) is 0 Å². The summed E-state index contributed by atoms with van der Waals surface area (Å²) in [4.78, 5) is 0. The largest absolute Gasteiger partial charge is 0.465 e. The third-order valence-corrected chi connectivity index (χ3v) is 2.62. The summed E-state index contributed by atoms with van der Waals surface area (Å²) in [6.45, 7) is 7.81. The van der Waals surface area contributed by atoms with Crippen molar-refractivity contribution >= 4 is 10.8 Å². The van der Waals surface area contributed by atoms with Crippen LogP contribution in [0.1, 0.15) is 27.7 Å². The number of fused-ring (bicyclic) bond motifs is 1. The Hall–Kier alpha value is -1.90. The molecule has 0 atom stereocenters. The number of hydrogen-bond donors (Lipinski definition) is 0. The minimum Gasteiger partial charge on any atom is -0.465 e. The molecule has 3 heteroatoms. The predicted molar refractivity (Wildman–Crippen MR) is 78.6 cm³/mol. The molecule has 0 fully saturated rings. The zero-order valence-electron chi connectivity index (χ0n) is 11.9. The van der Waals surface area contributed by atoms with Crippen LogP contribution < -0.4 is 4.74 Å². The molecular weight excluding hydrogens is 236 g/mol. The lowest BCUT2D eigenvalue weighted by Crippen LogP contribution is -2.25. The number of benzene rings is 2. The van der Waals surface area contributed by atoms with E-state index in [4.69, 9.17) is 4.74 Å². The molecule has 100 valence electrons. The van der Waals surface area contributed by atoms with E-state index in [0.29, 0.717) is 0 Å². The molecule has 0 aliphatic carbocycles. The summed E-state index contributed by atoms with van der Waals surface area (Å²) in [7, 11) is 0. The Balaban J connectivity index is 2.21. The van der Waals surface area contributed by atoms with Crippen LogP contribution in [0.2, 0.25) is 0 Å². The monoisotopic (exact) mass is 256 g/mol. The number of nitrogens with zero attached hydrogens (tertiary/aromatic N) is 2. The molecule has 0 heterocycles. The number of ether oxygens (including phenoxy) is 1. The minimum atomic E-state index is -0.646. The van der Waals surface area contributed by atoms with Crippen LogP contribution in [0.4, 0.5) is 0 Å². The Morgan fingerprint density at radius 2 is 1.68 bits per heavy atom. The summed E-state index contributed by atoms with van der Waals surface area (Å²) in [5, 5.41) is 10.8. The first-order valence-electron chi connectivity index (χ1n) is 6.56. The highest BCUT2D eigenvalue weighted by atomic mass is 16.5. The van der Waals surface area contributed by atoms with Gasteiger partial charge in [-0.2, -0.15) is 5.11 Å². The molecule has 0 bridgehead atoms. The second kappa shape index (κ2) is 5.39. The average molecular weight is 256 g/mol. The second-order valence-electron chi connectivity index (χ2n) is 5.37. The van der Waals surface area contributed by atoms with E-state index in [0.717, 1.165) is 11.1 Å². The third-order valence-electron chi connectivity index (χ3n) is 2.62. The molecule has 0 aliphatic heterocycles. The van der Waals surface area contributed by atoms with Crippen molar-refractivity contribution < 1.29 is 4.74 Å². The van der Waals surface area contributed by atoms with E-state index >= 15 is 0 Å². The van der Waals surface area contributed by atoms with Crippen molar-refractivity contribution in [2.45, 2.75) is 39.5 Å². The second-order valence-corrected chi connectivity index (χ2v) is 5.37. The van der Waals surface area contributed by atoms with E-state index in [9.17, 15) is 0 Å². The van der Waals surface area contributed by atoms with Gasteiger partial charge in [0.25, 0.3) is 0 Å². The topological polar surface area (TPSA) is 34.0 Å². The summed E-state index contributed by atoms with van der Waals surface area (Å²) in [5.74, 6) is 0.811. The zero-order valence-corrected chi connectivity index (χ0v) is 11.9. The van der Waals surface area contributed by atoms with Gasteiger partial charge in [-0.3, -0.25) is 0 Å². The quantitative estimate of drug-likeness (QED) is 0.722. The van der Waals surface area contributed by atoms with Crippen molar-refractivity contribution in [3.8, 4) is 5.75 Å². The minimum absolute atomic E-state index is 0.180. The third kappa shape index (κ3) is 3.78. The van der Waals surface area contributed by atoms with Gasteiger partial charge in [0.2, 0.25) is 5.72 Å². The number of rotatable bonds is 4. The fraction of sp³-hybridized carbons (Fsp3) is 0.375. The first-order valence-corrected chi connectivity index (χ1v) is 6.56. The lowest BCUT2D eigenvalue weighted by atomic mass is 10.1. The van der Waals surface area contributed by atoms with Gasteiger partial charge in [0, 0.05) is 0 Å². The van der Waals surface area contributed by atoms with Gasteiger partial charge in [0.15, 0.2) is 0 Å². The normalized spacial score (nSPS) is 12.5. The molecule has 0 amide bonds. The van der Waals surface area contributed by atoms with Crippen molar-refractivity contribution in [3.63, 3.8) is 0 Å². The van der Waals surface area contributed by atoms with Gasteiger partial charge < -0.3 is 4.74 Å². The van der Waals surface area contributed by atoms with Gasteiger partial charge in [-0.25, -0.2) is 0 Å². The predicted octanol–water partition coefficient (Wildman–Crippen LogP) is 4.82. The van der Waals surface area contributed by atoms with Gasteiger partial charge in [-0.15, -0.1) is 5.11 Å². The molecule has 2 aromatic rings. The zero-order chi connectivity index (χ0) is 13.9. The van der Waals surface area contributed by atoms with Gasteiger partial charge >= 0.3 is 0 Å². The van der Waals surface area contributed by atoms with E-state index in [-0.39, 0.29) is 6.04 Å². The fourth-order valence-corrected chi connectivity index (χ4v) is 1.79. The Morgan fingerprint density at radius 1 is 1.00 bits per heavy atom. The molecule has 19 heavy (non-hydrogen) atoms. The van der Waals surface area contributed by atoms with Crippen molar-refractivity contribution in [3.05, 3.63) is 42.5 Å². The van der Waals surface area contributed by atoms with Gasteiger partial charge in [0.05, 0.1) is 6.04 Å². The Labute approximate surface area is 114 Å². The molecule has 0 spiro atoms. The molecule has 0 unspecified atom stereocenters. The maximum atomic E-state index is 5.90. The highest BCUT2D eigenvalue weighted by molar-refractivity contribution is 5.83. The highest BCUT2D eigenvalue weighted by Crippen LogP contribution is 2.24. The van der Waals surface area contributed by atoms with Crippen LogP contribution in [0.3, 0.4) is 0 Å². The molecule has 0 aromatic heterocycles.